The molecule has 1 amide bonds. The second kappa shape index (κ2) is 4.47. The van der Waals surface area contributed by atoms with Crippen molar-refractivity contribution in [2.45, 2.75) is 5.92 Å². The average Bonchev–Trinajstić information content (AvgIpc) is 3.05. The van der Waals surface area contributed by atoms with Crippen molar-refractivity contribution in [1.82, 2.24) is 4.98 Å². The van der Waals surface area contributed by atoms with E-state index >= 15 is 0 Å². The Morgan fingerprint density at radius 2 is 2.16 bits per heavy atom. The minimum Gasteiger partial charge on any atom is -0.481 e. The summed E-state index contributed by atoms with van der Waals surface area (Å²) in [6.07, 6.45) is 0. The maximum absolute atomic E-state index is 12.3. The maximum Gasteiger partial charge on any atom is 0.312 e. The molecule has 0 saturated carbocycles. The molecule has 0 aliphatic carbocycles. The summed E-state index contributed by atoms with van der Waals surface area (Å²) in [7, 11) is 0. The third-order valence-corrected chi connectivity index (χ3v) is 3.75. The van der Waals surface area contributed by atoms with Crippen LogP contribution in [0.3, 0.4) is 0 Å². The Morgan fingerprint density at radius 1 is 1.37 bits per heavy atom. The molecule has 0 radical (unpaired) electrons. The topological polar surface area (TPSA) is 70.5 Å². The molecule has 0 spiro atoms. The number of carbonyl (C=O) groups excluding carboxylic acids is 1. The van der Waals surface area contributed by atoms with Crippen LogP contribution in [0.2, 0.25) is 0 Å². The summed E-state index contributed by atoms with van der Waals surface area (Å²) < 4.78 is 0. The third kappa shape index (κ3) is 1.90. The fraction of sp³-hybridized carbons (Fsp3) is 0.154. The Hall–Kier alpha value is -2.21. The van der Waals surface area contributed by atoms with Crippen LogP contribution < -0.4 is 4.90 Å². The molecule has 1 atom stereocenters. The van der Waals surface area contributed by atoms with Crippen molar-refractivity contribution in [1.29, 1.82) is 0 Å². The number of rotatable bonds is 2. The molecule has 3 rings (SSSR count). The van der Waals surface area contributed by atoms with Crippen LogP contribution >= 0.6 is 11.3 Å². The van der Waals surface area contributed by atoms with Crippen LogP contribution in [0, 0.1) is 0 Å². The number of carboxylic acids is 1. The van der Waals surface area contributed by atoms with E-state index in [0.29, 0.717) is 16.9 Å². The highest BCUT2D eigenvalue weighted by Crippen LogP contribution is 2.36. The molecule has 1 N–H and O–H groups in total. The number of hydrogen-bond acceptors (Lipinski definition) is 4. The summed E-state index contributed by atoms with van der Waals surface area (Å²) in [5.74, 6) is -1.84. The minimum atomic E-state index is -0.916. The zero-order valence-corrected chi connectivity index (χ0v) is 10.6. The lowest BCUT2D eigenvalue weighted by molar-refractivity contribution is -0.138. The average molecular weight is 274 g/mol. The molecule has 1 aliphatic rings. The zero-order chi connectivity index (χ0) is 13.4. The smallest absolute Gasteiger partial charge is 0.312 e. The molecule has 5 nitrogen and oxygen atoms in total. The van der Waals surface area contributed by atoms with Crippen LogP contribution in [-0.4, -0.2) is 28.5 Å². The summed E-state index contributed by atoms with van der Waals surface area (Å²) in [4.78, 5) is 29.1. The molecule has 96 valence electrons. The number of para-hydroxylation sites is 1. The SMILES string of the molecule is O=C(O)[C@H]1CN(C(=O)c2cscn2)c2ccccc21. The Balaban J connectivity index is 2.01. The monoisotopic (exact) mass is 274 g/mol. The summed E-state index contributed by atoms with van der Waals surface area (Å²) >= 11 is 1.34. The number of hydrogen-bond donors (Lipinski definition) is 1. The van der Waals surface area contributed by atoms with Gasteiger partial charge in [-0.3, -0.25) is 9.59 Å². The van der Waals surface area contributed by atoms with E-state index in [1.807, 2.05) is 0 Å². The van der Waals surface area contributed by atoms with E-state index in [-0.39, 0.29) is 12.5 Å². The van der Waals surface area contributed by atoms with Gasteiger partial charge in [0.15, 0.2) is 0 Å². The van der Waals surface area contributed by atoms with Gasteiger partial charge in [0.2, 0.25) is 0 Å². The number of amides is 1. The van der Waals surface area contributed by atoms with E-state index < -0.39 is 11.9 Å². The van der Waals surface area contributed by atoms with Crippen LogP contribution in [-0.2, 0) is 4.79 Å². The lowest BCUT2D eigenvalue weighted by atomic mass is 10.0. The van der Waals surface area contributed by atoms with Gasteiger partial charge in [0.05, 0.1) is 5.51 Å². The summed E-state index contributed by atoms with van der Waals surface area (Å²) in [5.41, 5.74) is 3.28. The third-order valence-electron chi connectivity index (χ3n) is 3.16. The van der Waals surface area contributed by atoms with Gasteiger partial charge in [-0.15, -0.1) is 11.3 Å². The number of anilines is 1. The Labute approximate surface area is 113 Å². The van der Waals surface area contributed by atoms with Crippen LogP contribution in [0.4, 0.5) is 5.69 Å². The van der Waals surface area contributed by atoms with E-state index in [1.54, 1.807) is 35.2 Å². The van der Waals surface area contributed by atoms with Crippen molar-refractivity contribution in [3.05, 3.63) is 46.4 Å². The van der Waals surface area contributed by atoms with Crippen LogP contribution in [0.25, 0.3) is 0 Å². The second-order valence-electron chi connectivity index (χ2n) is 4.24. The largest absolute Gasteiger partial charge is 0.481 e. The van der Waals surface area contributed by atoms with E-state index in [4.69, 9.17) is 0 Å². The molecule has 19 heavy (non-hydrogen) atoms. The number of thiazole rings is 1. The zero-order valence-electron chi connectivity index (χ0n) is 9.81. The van der Waals surface area contributed by atoms with E-state index in [1.165, 1.54) is 16.2 Å². The Kier molecular flexibility index (Phi) is 2.79. The van der Waals surface area contributed by atoms with Gasteiger partial charge in [-0.2, -0.15) is 0 Å². The van der Waals surface area contributed by atoms with E-state index in [0.717, 1.165) is 0 Å². The highest BCUT2D eigenvalue weighted by molar-refractivity contribution is 7.07. The van der Waals surface area contributed by atoms with Gasteiger partial charge in [-0.05, 0) is 11.6 Å². The van der Waals surface area contributed by atoms with Crippen molar-refractivity contribution in [2.75, 3.05) is 11.4 Å². The molecular formula is C13H10N2O3S. The molecule has 1 aromatic carbocycles. The van der Waals surface area contributed by atoms with Crippen LogP contribution in [0.5, 0.6) is 0 Å². The second-order valence-corrected chi connectivity index (χ2v) is 4.96. The standard InChI is InChI=1S/C13H10N2O3S/c16-12(10-6-19-7-14-10)15-5-9(13(17)18)8-3-1-2-4-11(8)15/h1-4,6-7,9H,5H2,(H,17,18)/t9-/m0/s1. The first kappa shape index (κ1) is 11.9. The van der Waals surface area contributed by atoms with Gasteiger partial charge in [0, 0.05) is 17.6 Å². The number of carbonyl (C=O) groups is 2. The van der Waals surface area contributed by atoms with Gasteiger partial charge >= 0.3 is 5.97 Å². The van der Waals surface area contributed by atoms with Crippen LogP contribution in [0.15, 0.2) is 35.2 Å². The van der Waals surface area contributed by atoms with Gasteiger partial charge in [0.1, 0.15) is 11.6 Å². The number of aliphatic carboxylic acids is 1. The van der Waals surface area contributed by atoms with Gasteiger partial charge < -0.3 is 10.0 Å². The van der Waals surface area contributed by atoms with Gasteiger partial charge in [0.25, 0.3) is 5.91 Å². The molecular weight excluding hydrogens is 264 g/mol. The van der Waals surface area contributed by atoms with Crippen molar-refractivity contribution < 1.29 is 14.7 Å². The highest BCUT2D eigenvalue weighted by atomic mass is 32.1. The summed E-state index contributed by atoms with van der Waals surface area (Å²) in [6.45, 7) is 0.158. The molecule has 6 heteroatoms. The van der Waals surface area contributed by atoms with Crippen molar-refractivity contribution >= 4 is 28.9 Å². The van der Waals surface area contributed by atoms with Crippen LogP contribution in [0.1, 0.15) is 22.0 Å². The number of nitrogens with zero attached hydrogens (tertiary/aromatic N) is 2. The number of aromatic nitrogens is 1. The predicted molar refractivity (Wildman–Crippen MR) is 70.6 cm³/mol. The van der Waals surface area contributed by atoms with E-state index in [2.05, 4.69) is 4.98 Å². The quantitative estimate of drug-likeness (QED) is 0.909. The lowest BCUT2D eigenvalue weighted by Crippen LogP contribution is -2.31. The van der Waals surface area contributed by atoms with E-state index in [9.17, 15) is 14.7 Å². The number of benzene rings is 1. The van der Waals surface area contributed by atoms with Crippen molar-refractivity contribution in [2.24, 2.45) is 0 Å². The maximum atomic E-state index is 12.3. The minimum absolute atomic E-state index is 0.158. The molecule has 0 bridgehead atoms. The summed E-state index contributed by atoms with van der Waals surface area (Å²) in [5, 5.41) is 10.9. The van der Waals surface area contributed by atoms with Gasteiger partial charge in [-0.1, -0.05) is 18.2 Å². The molecule has 2 heterocycles. The predicted octanol–water partition coefficient (Wildman–Crippen LogP) is 1.97. The Morgan fingerprint density at radius 3 is 2.84 bits per heavy atom. The molecule has 0 unspecified atom stereocenters. The number of fused-ring (bicyclic) bond motifs is 1. The van der Waals surface area contributed by atoms with Crippen molar-refractivity contribution in [3.8, 4) is 0 Å². The lowest BCUT2D eigenvalue weighted by Gasteiger charge is -2.15. The molecule has 0 fully saturated rings. The fourth-order valence-electron chi connectivity index (χ4n) is 2.27. The molecule has 1 aliphatic heterocycles. The normalized spacial score (nSPS) is 17.3. The van der Waals surface area contributed by atoms with Crippen molar-refractivity contribution in [3.63, 3.8) is 0 Å². The highest BCUT2D eigenvalue weighted by Gasteiger charge is 2.36. The molecule has 2 aromatic rings. The first-order valence-electron chi connectivity index (χ1n) is 5.70. The summed E-state index contributed by atoms with van der Waals surface area (Å²) in [6, 6.07) is 7.10. The Bertz CT molecular complexity index is 639. The first-order chi connectivity index (χ1) is 9.18. The fourth-order valence-corrected chi connectivity index (χ4v) is 2.79. The van der Waals surface area contributed by atoms with Gasteiger partial charge in [-0.25, -0.2) is 4.98 Å². The molecule has 1 aromatic heterocycles. The first-order valence-corrected chi connectivity index (χ1v) is 6.64. The molecule has 0 saturated heterocycles. The number of carboxylic acid groups (broad SMARTS) is 1.